The quantitative estimate of drug-likeness (QED) is 0.429. The first kappa shape index (κ1) is 18.8. The van der Waals surface area contributed by atoms with Gasteiger partial charge in [0.05, 0.1) is 21.9 Å². The zero-order chi connectivity index (χ0) is 19.6. The van der Waals surface area contributed by atoms with Crippen LogP contribution in [-0.2, 0) is 16.1 Å². The lowest BCUT2D eigenvalue weighted by Crippen LogP contribution is -2.30. The van der Waals surface area contributed by atoms with Crippen LogP contribution >= 0.6 is 11.8 Å². The van der Waals surface area contributed by atoms with Crippen LogP contribution in [0, 0.1) is 17.0 Å². The van der Waals surface area contributed by atoms with E-state index in [1.165, 1.54) is 40.9 Å². The number of rotatable bonds is 6. The van der Waals surface area contributed by atoms with Crippen LogP contribution in [0.15, 0.2) is 53.4 Å². The van der Waals surface area contributed by atoms with Crippen molar-refractivity contribution in [3.8, 4) is 0 Å². The van der Waals surface area contributed by atoms with Crippen LogP contribution in [0.4, 0.5) is 5.69 Å². The van der Waals surface area contributed by atoms with Crippen LogP contribution in [0.1, 0.15) is 23.6 Å². The summed E-state index contributed by atoms with van der Waals surface area (Å²) < 4.78 is 0. The average Bonchev–Trinajstić information content (AvgIpc) is 2.88. The predicted octanol–water partition coefficient (Wildman–Crippen LogP) is 3.94. The fourth-order valence-electron chi connectivity index (χ4n) is 2.86. The lowest BCUT2D eigenvalue weighted by atomic mass is 10.1. The lowest BCUT2D eigenvalue weighted by Gasteiger charge is -2.15. The molecule has 0 radical (unpaired) electrons. The third kappa shape index (κ3) is 3.78. The summed E-state index contributed by atoms with van der Waals surface area (Å²) in [6.07, 6.45) is 0. The molecule has 1 aliphatic heterocycles. The summed E-state index contributed by atoms with van der Waals surface area (Å²) >= 11 is 1.31. The van der Waals surface area contributed by atoms with Crippen LogP contribution < -0.4 is 0 Å². The third-order valence-corrected chi connectivity index (χ3v) is 5.20. The first-order chi connectivity index (χ1) is 12.9. The number of hydrogen-bond acceptors (Lipinski definition) is 5. The smallest absolute Gasteiger partial charge is 0.269 e. The molecule has 2 amide bonds. The minimum Gasteiger partial charge on any atom is -0.269 e. The highest BCUT2D eigenvalue weighted by Gasteiger charge is 2.38. The van der Waals surface area contributed by atoms with E-state index in [1.807, 2.05) is 38.1 Å². The molecule has 0 fully saturated rings. The molecule has 0 atom stereocenters. The van der Waals surface area contributed by atoms with E-state index in [4.69, 9.17) is 0 Å². The Balaban J connectivity index is 1.95. The standard InChI is InChI=1S/C20H18N2O4S/c1-3-27-18-17(15-8-10-16(11-9-15)22(25)26)19(23)21(20(18)24)12-14-6-4-13(2)5-7-14/h4-11H,3,12H2,1-2H3. The molecule has 0 bridgehead atoms. The summed E-state index contributed by atoms with van der Waals surface area (Å²) in [7, 11) is 0. The molecular weight excluding hydrogens is 364 g/mol. The molecule has 0 N–H and O–H groups in total. The fraction of sp³-hybridized carbons (Fsp3) is 0.200. The number of nitrogens with zero attached hydrogens (tertiary/aromatic N) is 2. The summed E-state index contributed by atoms with van der Waals surface area (Å²) in [6.45, 7) is 4.08. The maximum Gasteiger partial charge on any atom is 0.269 e. The first-order valence-electron chi connectivity index (χ1n) is 8.46. The Kier molecular flexibility index (Phi) is 5.41. The summed E-state index contributed by atoms with van der Waals surface area (Å²) in [5, 5.41) is 10.9. The van der Waals surface area contributed by atoms with E-state index in [-0.39, 0.29) is 24.0 Å². The number of hydrogen-bond donors (Lipinski definition) is 0. The molecule has 3 rings (SSSR count). The summed E-state index contributed by atoms with van der Waals surface area (Å²) in [4.78, 5) is 37.8. The number of nitro benzene ring substituents is 1. The van der Waals surface area contributed by atoms with Crippen molar-refractivity contribution in [2.75, 3.05) is 5.75 Å². The molecule has 0 saturated carbocycles. The second-order valence-electron chi connectivity index (χ2n) is 6.12. The van der Waals surface area contributed by atoms with E-state index >= 15 is 0 Å². The number of imide groups is 1. The Hall–Kier alpha value is -2.93. The molecule has 0 spiro atoms. The topological polar surface area (TPSA) is 80.5 Å². The number of non-ortho nitro benzene ring substituents is 1. The molecule has 138 valence electrons. The molecule has 2 aromatic rings. The zero-order valence-corrected chi connectivity index (χ0v) is 15.8. The number of thioether (sulfide) groups is 1. The molecule has 1 aliphatic rings. The van der Waals surface area contributed by atoms with Crippen molar-refractivity contribution in [3.63, 3.8) is 0 Å². The summed E-state index contributed by atoms with van der Waals surface area (Å²) in [5.74, 6) is -0.0467. The van der Waals surface area contributed by atoms with Gasteiger partial charge in [-0.1, -0.05) is 36.8 Å². The molecule has 6 nitrogen and oxygen atoms in total. The van der Waals surface area contributed by atoms with Gasteiger partial charge < -0.3 is 0 Å². The molecule has 7 heteroatoms. The van der Waals surface area contributed by atoms with Gasteiger partial charge in [0, 0.05) is 12.1 Å². The largest absolute Gasteiger partial charge is 0.269 e. The normalized spacial score (nSPS) is 14.2. The van der Waals surface area contributed by atoms with Crippen molar-refractivity contribution in [1.82, 2.24) is 4.90 Å². The molecule has 0 saturated heterocycles. The van der Waals surface area contributed by atoms with Gasteiger partial charge in [-0.05, 0) is 35.9 Å². The minimum absolute atomic E-state index is 0.0580. The minimum atomic E-state index is -0.495. The molecule has 27 heavy (non-hydrogen) atoms. The number of carbonyl (C=O) groups excluding carboxylic acids is 2. The number of aryl methyl sites for hydroxylation is 1. The Morgan fingerprint density at radius 1 is 1.00 bits per heavy atom. The van der Waals surface area contributed by atoms with Gasteiger partial charge >= 0.3 is 0 Å². The van der Waals surface area contributed by atoms with Crippen molar-refractivity contribution in [2.24, 2.45) is 0 Å². The van der Waals surface area contributed by atoms with Gasteiger partial charge in [0.2, 0.25) is 0 Å². The number of amides is 2. The van der Waals surface area contributed by atoms with E-state index < -0.39 is 4.92 Å². The monoisotopic (exact) mass is 382 g/mol. The van der Waals surface area contributed by atoms with Crippen molar-refractivity contribution in [1.29, 1.82) is 0 Å². The summed E-state index contributed by atoms with van der Waals surface area (Å²) in [6, 6.07) is 13.4. The van der Waals surface area contributed by atoms with Crippen LogP contribution in [0.3, 0.4) is 0 Å². The van der Waals surface area contributed by atoms with Crippen molar-refractivity contribution in [3.05, 3.63) is 80.2 Å². The van der Waals surface area contributed by atoms with Crippen LogP contribution in [0.2, 0.25) is 0 Å². The Labute approximate surface area is 161 Å². The van der Waals surface area contributed by atoms with E-state index in [0.717, 1.165) is 11.1 Å². The van der Waals surface area contributed by atoms with Gasteiger partial charge in [-0.3, -0.25) is 24.6 Å². The third-order valence-electron chi connectivity index (χ3n) is 4.24. The first-order valence-corrected chi connectivity index (χ1v) is 9.44. The second-order valence-corrected chi connectivity index (χ2v) is 7.40. The van der Waals surface area contributed by atoms with Crippen molar-refractivity contribution >= 4 is 34.8 Å². The van der Waals surface area contributed by atoms with E-state index in [1.54, 1.807) is 0 Å². The van der Waals surface area contributed by atoms with Gasteiger partial charge in [0.1, 0.15) is 0 Å². The molecule has 1 heterocycles. The van der Waals surface area contributed by atoms with E-state index in [9.17, 15) is 19.7 Å². The highest BCUT2D eigenvalue weighted by Crippen LogP contribution is 2.37. The van der Waals surface area contributed by atoms with Gasteiger partial charge in [-0.15, -0.1) is 11.8 Å². The van der Waals surface area contributed by atoms with Gasteiger partial charge in [-0.2, -0.15) is 0 Å². The molecule has 2 aromatic carbocycles. The maximum atomic E-state index is 13.0. The van der Waals surface area contributed by atoms with Gasteiger partial charge in [0.15, 0.2) is 0 Å². The number of carbonyl (C=O) groups is 2. The number of benzene rings is 2. The Morgan fingerprint density at radius 3 is 2.19 bits per heavy atom. The average molecular weight is 382 g/mol. The van der Waals surface area contributed by atoms with E-state index in [0.29, 0.717) is 21.8 Å². The highest BCUT2D eigenvalue weighted by atomic mass is 32.2. The highest BCUT2D eigenvalue weighted by molar-refractivity contribution is 8.04. The number of nitro groups is 1. The molecule has 0 aromatic heterocycles. The molecular formula is C20H18N2O4S. The maximum absolute atomic E-state index is 13.0. The van der Waals surface area contributed by atoms with E-state index in [2.05, 4.69) is 0 Å². The fourth-order valence-corrected chi connectivity index (χ4v) is 3.73. The predicted molar refractivity (Wildman–Crippen MR) is 105 cm³/mol. The molecule has 0 aliphatic carbocycles. The van der Waals surface area contributed by atoms with Crippen molar-refractivity contribution < 1.29 is 14.5 Å². The van der Waals surface area contributed by atoms with Gasteiger partial charge in [-0.25, -0.2) is 0 Å². The van der Waals surface area contributed by atoms with Gasteiger partial charge in [0.25, 0.3) is 17.5 Å². The Morgan fingerprint density at radius 2 is 1.63 bits per heavy atom. The van der Waals surface area contributed by atoms with Crippen LogP contribution in [0.25, 0.3) is 5.57 Å². The van der Waals surface area contributed by atoms with Crippen molar-refractivity contribution in [2.45, 2.75) is 20.4 Å². The zero-order valence-electron chi connectivity index (χ0n) is 15.0. The molecule has 0 unspecified atom stereocenters. The SMILES string of the molecule is CCSC1=C(c2ccc([N+](=O)[O-])cc2)C(=O)N(Cc2ccc(C)cc2)C1=O. The summed E-state index contributed by atoms with van der Waals surface area (Å²) in [5.41, 5.74) is 2.74. The lowest BCUT2D eigenvalue weighted by molar-refractivity contribution is -0.384. The second kappa shape index (κ2) is 7.75. The van der Waals surface area contributed by atoms with Crippen LogP contribution in [-0.4, -0.2) is 27.4 Å². The van der Waals surface area contributed by atoms with Crippen LogP contribution in [0.5, 0.6) is 0 Å². The Bertz CT molecular complexity index is 933.